The highest BCUT2D eigenvalue weighted by molar-refractivity contribution is 7.89. The van der Waals surface area contributed by atoms with Gasteiger partial charge in [0.2, 0.25) is 15.9 Å². The molecule has 0 bridgehead atoms. The molecule has 6 heteroatoms. The first-order valence-corrected chi connectivity index (χ1v) is 9.48. The Morgan fingerprint density at radius 2 is 1.79 bits per heavy atom. The summed E-state index contributed by atoms with van der Waals surface area (Å²) in [6.07, 6.45) is 0.831. The molecule has 0 saturated carbocycles. The molecule has 24 heavy (non-hydrogen) atoms. The van der Waals surface area contributed by atoms with Crippen LogP contribution in [0.4, 0.5) is 0 Å². The smallest absolute Gasteiger partial charge is 0.239 e. The maximum absolute atomic E-state index is 12.2. The fourth-order valence-electron chi connectivity index (χ4n) is 2.90. The van der Waals surface area contributed by atoms with E-state index in [0.717, 1.165) is 11.3 Å². The molecule has 0 aromatic heterocycles. The number of carbonyl (C=O) groups is 1. The quantitative estimate of drug-likeness (QED) is 0.904. The Morgan fingerprint density at radius 3 is 2.58 bits per heavy atom. The standard InChI is InChI=1S/C18H19NO4S/c20-18(19-24(21,22)13-14-6-2-1-3-7-14)12-15-10-11-23-17-9-5-4-8-16(15)17/h1-9,15H,10-13H2,(H,19,20). The first-order valence-electron chi connectivity index (χ1n) is 7.82. The molecule has 0 spiro atoms. The van der Waals surface area contributed by atoms with E-state index in [0.29, 0.717) is 18.6 Å². The zero-order valence-electron chi connectivity index (χ0n) is 13.1. The Bertz CT molecular complexity index is 818. The molecule has 5 nitrogen and oxygen atoms in total. The van der Waals surface area contributed by atoms with Crippen molar-refractivity contribution in [3.63, 3.8) is 0 Å². The van der Waals surface area contributed by atoms with E-state index in [2.05, 4.69) is 4.72 Å². The first kappa shape index (κ1) is 16.5. The molecule has 1 unspecified atom stereocenters. The molecule has 1 aliphatic rings. The number of nitrogens with one attached hydrogen (secondary N) is 1. The van der Waals surface area contributed by atoms with Crippen LogP contribution in [-0.2, 0) is 20.6 Å². The average Bonchev–Trinajstić information content (AvgIpc) is 2.55. The summed E-state index contributed by atoms with van der Waals surface area (Å²) in [5.74, 6) is 0.0624. The van der Waals surface area contributed by atoms with Gasteiger partial charge in [-0.05, 0) is 29.5 Å². The van der Waals surface area contributed by atoms with E-state index >= 15 is 0 Å². The first-order chi connectivity index (χ1) is 11.5. The van der Waals surface area contributed by atoms with Gasteiger partial charge in [0.05, 0.1) is 12.4 Å². The van der Waals surface area contributed by atoms with Crippen LogP contribution in [0, 0.1) is 0 Å². The van der Waals surface area contributed by atoms with Crippen molar-refractivity contribution < 1.29 is 17.9 Å². The van der Waals surface area contributed by atoms with Crippen molar-refractivity contribution >= 4 is 15.9 Å². The Labute approximate surface area is 141 Å². The van der Waals surface area contributed by atoms with Crippen molar-refractivity contribution in [1.82, 2.24) is 4.72 Å². The minimum atomic E-state index is -3.69. The lowest BCUT2D eigenvalue weighted by Gasteiger charge is -2.25. The van der Waals surface area contributed by atoms with E-state index < -0.39 is 15.9 Å². The van der Waals surface area contributed by atoms with Gasteiger partial charge in [0.1, 0.15) is 5.75 Å². The van der Waals surface area contributed by atoms with Crippen molar-refractivity contribution in [2.45, 2.75) is 24.5 Å². The number of sulfonamides is 1. The molecule has 0 radical (unpaired) electrons. The number of benzene rings is 2. The number of carbonyl (C=O) groups excluding carboxylic acids is 1. The Morgan fingerprint density at radius 1 is 1.08 bits per heavy atom. The van der Waals surface area contributed by atoms with E-state index in [-0.39, 0.29) is 18.1 Å². The third-order valence-corrected chi connectivity index (χ3v) is 5.24. The molecule has 1 atom stereocenters. The second-order valence-corrected chi connectivity index (χ2v) is 7.57. The molecule has 1 heterocycles. The summed E-state index contributed by atoms with van der Waals surface area (Å²) in [5, 5.41) is 0. The largest absolute Gasteiger partial charge is 0.493 e. The van der Waals surface area contributed by atoms with Gasteiger partial charge in [-0.25, -0.2) is 8.42 Å². The van der Waals surface area contributed by atoms with Crippen molar-refractivity contribution in [2.24, 2.45) is 0 Å². The van der Waals surface area contributed by atoms with Crippen molar-refractivity contribution in [1.29, 1.82) is 0 Å². The lowest BCUT2D eigenvalue weighted by atomic mass is 9.90. The lowest BCUT2D eigenvalue weighted by Crippen LogP contribution is -2.33. The molecule has 1 N–H and O–H groups in total. The molecule has 1 amide bonds. The maximum Gasteiger partial charge on any atom is 0.239 e. The zero-order valence-corrected chi connectivity index (χ0v) is 14.0. The summed E-state index contributed by atoms with van der Waals surface area (Å²) in [6.45, 7) is 0.533. The van der Waals surface area contributed by atoms with Crippen LogP contribution in [0.5, 0.6) is 5.75 Å². The molecule has 0 saturated heterocycles. The summed E-state index contributed by atoms with van der Waals surface area (Å²) in [7, 11) is -3.69. The molecule has 0 fully saturated rings. The molecule has 126 valence electrons. The van der Waals surface area contributed by atoms with Crippen LogP contribution < -0.4 is 9.46 Å². The predicted octanol–water partition coefficient (Wildman–Crippen LogP) is 2.59. The predicted molar refractivity (Wildman–Crippen MR) is 91.1 cm³/mol. The Kier molecular flexibility index (Phi) is 4.85. The highest BCUT2D eigenvalue weighted by Crippen LogP contribution is 2.35. The van der Waals surface area contributed by atoms with E-state index in [1.807, 2.05) is 30.3 Å². The molecule has 0 aliphatic carbocycles. The fourth-order valence-corrected chi connectivity index (χ4v) is 4.03. The van der Waals surface area contributed by atoms with Gasteiger partial charge in [-0.15, -0.1) is 0 Å². The number of ether oxygens (including phenoxy) is 1. The van der Waals surface area contributed by atoms with E-state index in [1.54, 1.807) is 24.3 Å². The SMILES string of the molecule is O=C(CC1CCOc2ccccc21)NS(=O)(=O)Cc1ccccc1. The van der Waals surface area contributed by atoms with Gasteiger partial charge in [-0.2, -0.15) is 0 Å². The molecule has 1 aliphatic heterocycles. The summed E-state index contributed by atoms with van der Waals surface area (Å²) in [5.41, 5.74) is 1.61. The van der Waals surface area contributed by atoms with Crippen LogP contribution in [0.2, 0.25) is 0 Å². The summed E-state index contributed by atoms with van der Waals surface area (Å²) >= 11 is 0. The van der Waals surface area contributed by atoms with Crippen LogP contribution in [0.3, 0.4) is 0 Å². The van der Waals surface area contributed by atoms with E-state index in [1.165, 1.54) is 0 Å². The number of amides is 1. The van der Waals surface area contributed by atoms with Crippen molar-refractivity contribution in [2.75, 3.05) is 6.61 Å². The molecule has 2 aromatic rings. The van der Waals surface area contributed by atoms with E-state index in [4.69, 9.17) is 4.74 Å². The average molecular weight is 345 g/mol. The van der Waals surface area contributed by atoms with E-state index in [9.17, 15) is 13.2 Å². The van der Waals surface area contributed by atoms with Crippen LogP contribution >= 0.6 is 0 Å². The Balaban J connectivity index is 1.64. The third-order valence-electron chi connectivity index (χ3n) is 3.98. The van der Waals surface area contributed by atoms with Crippen LogP contribution in [-0.4, -0.2) is 20.9 Å². The maximum atomic E-state index is 12.2. The molecular weight excluding hydrogens is 326 g/mol. The normalized spacial score (nSPS) is 16.8. The summed E-state index contributed by atoms with van der Waals surface area (Å²) in [4.78, 5) is 12.2. The zero-order chi connectivity index (χ0) is 17.0. The minimum absolute atomic E-state index is 0.0260. The third kappa shape index (κ3) is 4.14. The second-order valence-electron chi connectivity index (χ2n) is 5.85. The topological polar surface area (TPSA) is 72.5 Å². The van der Waals surface area contributed by atoms with Gasteiger partial charge in [0.15, 0.2) is 0 Å². The molecular formula is C18H19NO4S. The molecule has 2 aromatic carbocycles. The van der Waals surface area contributed by atoms with Gasteiger partial charge in [0.25, 0.3) is 0 Å². The van der Waals surface area contributed by atoms with Gasteiger partial charge in [0, 0.05) is 6.42 Å². The van der Waals surface area contributed by atoms with Gasteiger partial charge in [-0.3, -0.25) is 9.52 Å². The number of rotatable bonds is 5. The van der Waals surface area contributed by atoms with Gasteiger partial charge in [-0.1, -0.05) is 48.5 Å². The number of hydrogen-bond donors (Lipinski definition) is 1. The highest BCUT2D eigenvalue weighted by atomic mass is 32.2. The van der Waals surface area contributed by atoms with Crippen LogP contribution in [0.1, 0.15) is 29.9 Å². The highest BCUT2D eigenvalue weighted by Gasteiger charge is 2.25. The van der Waals surface area contributed by atoms with Crippen LogP contribution in [0.15, 0.2) is 54.6 Å². The summed E-state index contributed by atoms with van der Waals surface area (Å²) in [6, 6.07) is 16.4. The number of hydrogen-bond acceptors (Lipinski definition) is 4. The van der Waals surface area contributed by atoms with Crippen molar-refractivity contribution in [3.05, 3.63) is 65.7 Å². The monoisotopic (exact) mass is 345 g/mol. The Hall–Kier alpha value is -2.34. The van der Waals surface area contributed by atoms with Crippen LogP contribution in [0.25, 0.3) is 0 Å². The van der Waals surface area contributed by atoms with Gasteiger partial charge < -0.3 is 4.74 Å². The fraction of sp³-hybridized carbons (Fsp3) is 0.278. The number of fused-ring (bicyclic) bond motifs is 1. The number of para-hydroxylation sites is 1. The lowest BCUT2D eigenvalue weighted by molar-refractivity contribution is -0.119. The van der Waals surface area contributed by atoms with Gasteiger partial charge >= 0.3 is 0 Å². The molecule has 3 rings (SSSR count). The van der Waals surface area contributed by atoms with Crippen molar-refractivity contribution in [3.8, 4) is 5.75 Å². The summed E-state index contributed by atoms with van der Waals surface area (Å²) < 4.78 is 32.0. The minimum Gasteiger partial charge on any atom is -0.493 e. The second kappa shape index (κ2) is 7.05.